The SMILES string of the molecule is COCC(C)CC(=O)NCc1ccc(C#CCCO)s1. The maximum atomic E-state index is 11.7. The van der Waals surface area contributed by atoms with Crippen molar-refractivity contribution >= 4 is 17.2 Å². The van der Waals surface area contributed by atoms with Gasteiger partial charge in [-0.05, 0) is 18.1 Å². The first-order valence-corrected chi connectivity index (χ1v) is 7.41. The summed E-state index contributed by atoms with van der Waals surface area (Å²) in [6.45, 7) is 3.20. The molecule has 1 aromatic rings. The van der Waals surface area contributed by atoms with Crippen LogP contribution in [0.5, 0.6) is 0 Å². The van der Waals surface area contributed by atoms with E-state index in [-0.39, 0.29) is 18.4 Å². The van der Waals surface area contributed by atoms with Crippen LogP contribution in [0, 0.1) is 17.8 Å². The fourth-order valence-electron chi connectivity index (χ4n) is 1.66. The van der Waals surface area contributed by atoms with Gasteiger partial charge in [-0.15, -0.1) is 11.3 Å². The summed E-state index contributed by atoms with van der Waals surface area (Å²) in [5.41, 5.74) is 0. The first-order valence-electron chi connectivity index (χ1n) is 6.59. The maximum Gasteiger partial charge on any atom is 0.220 e. The number of hydrogen-bond donors (Lipinski definition) is 2. The quantitative estimate of drug-likeness (QED) is 0.754. The number of aliphatic hydroxyl groups excluding tert-OH is 1. The number of ether oxygens (including phenoxy) is 1. The van der Waals surface area contributed by atoms with Crippen LogP contribution in [0.15, 0.2) is 12.1 Å². The van der Waals surface area contributed by atoms with Crippen molar-refractivity contribution in [3.05, 3.63) is 21.9 Å². The molecule has 2 N–H and O–H groups in total. The summed E-state index contributed by atoms with van der Waals surface area (Å²) in [5.74, 6) is 6.12. The smallest absolute Gasteiger partial charge is 0.220 e. The summed E-state index contributed by atoms with van der Waals surface area (Å²) in [6.07, 6.45) is 0.962. The second kappa shape index (κ2) is 9.54. The summed E-state index contributed by atoms with van der Waals surface area (Å²) >= 11 is 1.56. The number of thiophene rings is 1. The van der Waals surface area contributed by atoms with Crippen LogP contribution in [-0.2, 0) is 16.1 Å². The molecule has 20 heavy (non-hydrogen) atoms. The van der Waals surface area contributed by atoms with Crippen LogP contribution in [0.1, 0.15) is 29.5 Å². The largest absolute Gasteiger partial charge is 0.395 e. The van der Waals surface area contributed by atoms with E-state index in [2.05, 4.69) is 17.2 Å². The molecule has 0 spiro atoms. The van der Waals surface area contributed by atoms with Crippen LogP contribution < -0.4 is 5.32 Å². The van der Waals surface area contributed by atoms with E-state index in [9.17, 15) is 4.79 Å². The first-order chi connectivity index (χ1) is 9.65. The van der Waals surface area contributed by atoms with Crippen LogP contribution >= 0.6 is 11.3 Å². The lowest BCUT2D eigenvalue weighted by atomic mass is 10.1. The van der Waals surface area contributed by atoms with Gasteiger partial charge in [-0.3, -0.25) is 4.79 Å². The predicted octanol–water partition coefficient (Wildman–Crippen LogP) is 1.77. The minimum atomic E-state index is 0.0378. The summed E-state index contributed by atoms with van der Waals surface area (Å²) in [5, 5.41) is 11.5. The Morgan fingerprint density at radius 3 is 3.05 bits per heavy atom. The second-order valence-electron chi connectivity index (χ2n) is 4.58. The van der Waals surface area contributed by atoms with Gasteiger partial charge in [0.25, 0.3) is 0 Å². The monoisotopic (exact) mass is 295 g/mol. The topological polar surface area (TPSA) is 58.6 Å². The molecule has 1 rings (SSSR count). The molecule has 0 aromatic carbocycles. The highest BCUT2D eigenvalue weighted by molar-refractivity contribution is 7.12. The molecule has 0 saturated heterocycles. The Kier molecular flexibility index (Phi) is 7.97. The Balaban J connectivity index is 2.35. The number of carbonyl (C=O) groups excluding carboxylic acids is 1. The average molecular weight is 295 g/mol. The average Bonchev–Trinajstić information content (AvgIpc) is 2.85. The Labute approximate surface area is 124 Å². The second-order valence-corrected chi connectivity index (χ2v) is 5.75. The van der Waals surface area contributed by atoms with Crippen molar-refractivity contribution in [2.75, 3.05) is 20.3 Å². The molecule has 1 amide bonds. The molecule has 0 bridgehead atoms. The van der Waals surface area contributed by atoms with Crippen LogP contribution in [0.3, 0.4) is 0 Å². The van der Waals surface area contributed by atoms with Gasteiger partial charge in [0.15, 0.2) is 0 Å². The molecule has 110 valence electrons. The van der Waals surface area contributed by atoms with Gasteiger partial charge in [-0.1, -0.05) is 18.8 Å². The zero-order valence-corrected chi connectivity index (χ0v) is 12.8. The standard InChI is InChI=1S/C15H21NO3S/c1-12(11-19-2)9-15(18)16-10-14-7-6-13(20-14)5-3-4-8-17/h6-7,12,17H,4,8-11H2,1-2H3,(H,16,18). The lowest BCUT2D eigenvalue weighted by Gasteiger charge is -2.09. The third-order valence-corrected chi connectivity index (χ3v) is 3.56. The van der Waals surface area contributed by atoms with Gasteiger partial charge in [0.05, 0.1) is 18.0 Å². The highest BCUT2D eigenvalue weighted by Gasteiger charge is 2.08. The minimum absolute atomic E-state index is 0.0378. The van der Waals surface area contributed by atoms with E-state index < -0.39 is 0 Å². The zero-order valence-electron chi connectivity index (χ0n) is 11.9. The molecule has 1 heterocycles. The van der Waals surface area contributed by atoms with Crippen molar-refractivity contribution in [1.82, 2.24) is 5.32 Å². The minimum Gasteiger partial charge on any atom is -0.395 e. The first kappa shape index (κ1) is 16.7. The van der Waals surface area contributed by atoms with E-state index in [1.165, 1.54) is 0 Å². The summed E-state index contributed by atoms with van der Waals surface area (Å²) in [7, 11) is 1.64. The molecule has 0 radical (unpaired) electrons. The summed E-state index contributed by atoms with van der Waals surface area (Å²) in [4.78, 5) is 13.7. The molecule has 0 fully saturated rings. The molecule has 4 nitrogen and oxygen atoms in total. The fourth-order valence-corrected chi connectivity index (χ4v) is 2.49. The number of amides is 1. The van der Waals surface area contributed by atoms with Gasteiger partial charge in [-0.2, -0.15) is 0 Å². The fraction of sp³-hybridized carbons (Fsp3) is 0.533. The van der Waals surface area contributed by atoms with Crippen LogP contribution in [0.25, 0.3) is 0 Å². The molecule has 1 unspecified atom stereocenters. The van der Waals surface area contributed by atoms with Crippen molar-refractivity contribution < 1.29 is 14.6 Å². The normalized spacial score (nSPS) is 11.6. The van der Waals surface area contributed by atoms with Crippen molar-refractivity contribution in [2.24, 2.45) is 5.92 Å². The third-order valence-electron chi connectivity index (χ3n) is 2.55. The van der Waals surface area contributed by atoms with Crippen LogP contribution in [-0.4, -0.2) is 31.3 Å². The number of aliphatic hydroxyl groups is 1. The third kappa shape index (κ3) is 6.71. The van der Waals surface area contributed by atoms with Crippen molar-refractivity contribution in [2.45, 2.75) is 26.3 Å². The van der Waals surface area contributed by atoms with E-state index in [0.717, 1.165) is 9.75 Å². The van der Waals surface area contributed by atoms with E-state index >= 15 is 0 Å². The van der Waals surface area contributed by atoms with Crippen LogP contribution in [0.4, 0.5) is 0 Å². The molecule has 0 aliphatic rings. The maximum absolute atomic E-state index is 11.7. The zero-order chi connectivity index (χ0) is 14.8. The van der Waals surface area contributed by atoms with Gasteiger partial charge in [-0.25, -0.2) is 0 Å². The number of carbonyl (C=O) groups is 1. The molecular formula is C15H21NO3S. The van der Waals surface area contributed by atoms with Crippen molar-refractivity contribution in [1.29, 1.82) is 0 Å². The molecule has 0 aliphatic carbocycles. The van der Waals surface area contributed by atoms with Gasteiger partial charge >= 0.3 is 0 Å². The Morgan fingerprint density at radius 2 is 2.35 bits per heavy atom. The van der Waals surface area contributed by atoms with Crippen molar-refractivity contribution in [3.8, 4) is 11.8 Å². The number of methoxy groups -OCH3 is 1. The summed E-state index contributed by atoms with van der Waals surface area (Å²) < 4.78 is 5.01. The molecule has 0 saturated carbocycles. The van der Waals surface area contributed by atoms with E-state index in [1.807, 2.05) is 19.1 Å². The molecule has 1 atom stereocenters. The number of nitrogens with one attached hydrogen (secondary N) is 1. The van der Waals surface area contributed by atoms with E-state index in [1.54, 1.807) is 18.4 Å². The number of hydrogen-bond acceptors (Lipinski definition) is 4. The van der Waals surface area contributed by atoms with Crippen LogP contribution in [0.2, 0.25) is 0 Å². The van der Waals surface area contributed by atoms with Gasteiger partial charge in [0.2, 0.25) is 5.91 Å². The summed E-state index contributed by atoms with van der Waals surface area (Å²) in [6, 6.07) is 3.90. The highest BCUT2D eigenvalue weighted by Crippen LogP contribution is 2.15. The van der Waals surface area contributed by atoms with Gasteiger partial charge in [0, 0.05) is 31.4 Å². The molecule has 0 aliphatic heterocycles. The Morgan fingerprint density at radius 1 is 1.55 bits per heavy atom. The Bertz CT molecular complexity index is 473. The van der Waals surface area contributed by atoms with E-state index in [4.69, 9.17) is 9.84 Å². The molecular weight excluding hydrogens is 274 g/mol. The van der Waals surface area contributed by atoms with Gasteiger partial charge < -0.3 is 15.2 Å². The predicted molar refractivity (Wildman–Crippen MR) is 80.4 cm³/mol. The van der Waals surface area contributed by atoms with Gasteiger partial charge in [0.1, 0.15) is 0 Å². The Hall–Kier alpha value is -1.35. The molecule has 5 heteroatoms. The lowest BCUT2D eigenvalue weighted by Crippen LogP contribution is -2.25. The highest BCUT2D eigenvalue weighted by atomic mass is 32.1. The van der Waals surface area contributed by atoms with E-state index in [0.29, 0.717) is 26.0 Å². The molecule has 1 aromatic heterocycles. The number of rotatable bonds is 7. The lowest BCUT2D eigenvalue weighted by molar-refractivity contribution is -0.122. The van der Waals surface area contributed by atoms with Crippen molar-refractivity contribution in [3.63, 3.8) is 0 Å².